The number of hydrogen-bond acceptors (Lipinski definition) is 2. The molecule has 0 atom stereocenters. The van der Waals surface area contributed by atoms with Gasteiger partial charge in [-0.1, -0.05) is 6.92 Å². The van der Waals surface area contributed by atoms with E-state index in [0.29, 0.717) is 0 Å². The zero-order chi connectivity index (χ0) is 9.41. The molecule has 2 nitrogen and oxygen atoms in total. The van der Waals surface area contributed by atoms with E-state index in [2.05, 4.69) is 12.8 Å². The smallest absolute Gasteiger partial charge is 0.0540 e. The van der Waals surface area contributed by atoms with Gasteiger partial charge in [0.05, 0.1) is 12.7 Å². The first kappa shape index (κ1) is 10.1. The lowest BCUT2D eigenvalue weighted by molar-refractivity contribution is 0.0266. The van der Waals surface area contributed by atoms with E-state index in [9.17, 15) is 4.21 Å². The predicted molar refractivity (Wildman–Crippen MR) is 54.2 cm³/mol. The highest BCUT2D eigenvalue weighted by molar-refractivity contribution is 8.01. The van der Waals surface area contributed by atoms with Crippen LogP contribution in [-0.2, 0) is 14.3 Å². The van der Waals surface area contributed by atoms with Crippen molar-refractivity contribution in [1.82, 2.24) is 0 Å². The summed E-state index contributed by atoms with van der Waals surface area (Å²) < 4.78 is 16.8. The second kappa shape index (κ2) is 3.04. The molecule has 0 unspecified atom stereocenters. The molecule has 0 aromatic rings. The van der Waals surface area contributed by atoms with Crippen LogP contribution in [0.4, 0.5) is 0 Å². The minimum Gasteiger partial charge on any atom is -0.378 e. The van der Waals surface area contributed by atoms with Crippen LogP contribution in [0.25, 0.3) is 0 Å². The third kappa shape index (κ3) is 2.49. The molecule has 0 amide bonds. The van der Waals surface area contributed by atoms with Gasteiger partial charge in [-0.2, -0.15) is 0 Å². The third-order valence-electron chi connectivity index (χ3n) is 1.99. The van der Waals surface area contributed by atoms with E-state index in [0.717, 1.165) is 18.1 Å². The van der Waals surface area contributed by atoms with Crippen molar-refractivity contribution in [1.29, 1.82) is 0 Å². The Labute approximate surface area is 75.3 Å². The molecular formula is C9H18O2S. The second-order valence-electron chi connectivity index (χ2n) is 4.43. The van der Waals surface area contributed by atoms with Crippen LogP contribution in [0.15, 0.2) is 0 Å². The SMILES string of the molecule is C=S1(=O)CC(C)(COC(C)C)C1. The van der Waals surface area contributed by atoms with Crippen LogP contribution in [0.3, 0.4) is 0 Å². The minimum absolute atomic E-state index is 0.128. The van der Waals surface area contributed by atoms with Crippen LogP contribution in [0.5, 0.6) is 0 Å². The summed E-state index contributed by atoms with van der Waals surface area (Å²) in [6, 6.07) is 0. The van der Waals surface area contributed by atoms with E-state index >= 15 is 0 Å². The Morgan fingerprint density at radius 1 is 1.58 bits per heavy atom. The van der Waals surface area contributed by atoms with Gasteiger partial charge in [0.25, 0.3) is 0 Å². The monoisotopic (exact) mass is 190 g/mol. The number of hydrogen-bond donors (Lipinski definition) is 0. The third-order valence-corrected chi connectivity index (χ3v) is 4.43. The van der Waals surface area contributed by atoms with Gasteiger partial charge in [-0.25, -0.2) is 0 Å². The zero-order valence-electron chi connectivity index (χ0n) is 8.13. The molecule has 72 valence electrons. The fourth-order valence-electron chi connectivity index (χ4n) is 1.68. The van der Waals surface area contributed by atoms with Crippen LogP contribution >= 0.6 is 0 Å². The van der Waals surface area contributed by atoms with Crippen LogP contribution < -0.4 is 0 Å². The Morgan fingerprint density at radius 2 is 2.08 bits per heavy atom. The molecule has 0 radical (unpaired) electrons. The largest absolute Gasteiger partial charge is 0.378 e. The Kier molecular flexibility index (Phi) is 2.55. The quantitative estimate of drug-likeness (QED) is 0.624. The molecule has 1 aliphatic rings. The van der Waals surface area contributed by atoms with Gasteiger partial charge in [0, 0.05) is 16.9 Å². The maximum Gasteiger partial charge on any atom is 0.0540 e. The minimum atomic E-state index is -1.72. The van der Waals surface area contributed by atoms with E-state index in [1.807, 2.05) is 13.8 Å². The molecular weight excluding hydrogens is 172 g/mol. The zero-order valence-corrected chi connectivity index (χ0v) is 8.95. The van der Waals surface area contributed by atoms with Gasteiger partial charge in [-0.15, -0.1) is 0 Å². The van der Waals surface area contributed by atoms with E-state index in [1.54, 1.807) is 0 Å². The summed E-state index contributed by atoms with van der Waals surface area (Å²) in [6.45, 7) is 6.87. The van der Waals surface area contributed by atoms with Crippen LogP contribution in [-0.4, -0.2) is 34.3 Å². The highest BCUT2D eigenvalue weighted by Crippen LogP contribution is 2.32. The van der Waals surface area contributed by atoms with Gasteiger partial charge < -0.3 is 4.74 Å². The highest BCUT2D eigenvalue weighted by atomic mass is 32.2. The summed E-state index contributed by atoms with van der Waals surface area (Å²) in [5, 5.41) is 0. The molecule has 1 saturated heterocycles. The van der Waals surface area contributed by atoms with Crippen molar-refractivity contribution in [2.24, 2.45) is 5.41 Å². The van der Waals surface area contributed by atoms with E-state index in [4.69, 9.17) is 4.74 Å². The Hall–Kier alpha value is -0.0200. The lowest BCUT2D eigenvalue weighted by atomic mass is 9.96. The van der Waals surface area contributed by atoms with E-state index in [-0.39, 0.29) is 11.5 Å². The first-order valence-corrected chi connectivity index (χ1v) is 6.34. The van der Waals surface area contributed by atoms with Crippen molar-refractivity contribution in [3.63, 3.8) is 0 Å². The van der Waals surface area contributed by atoms with Gasteiger partial charge in [0.2, 0.25) is 0 Å². The first-order valence-electron chi connectivity index (χ1n) is 4.27. The summed E-state index contributed by atoms with van der Waals surface area (Å²) in [5.74, 6) is 5.13. The van der Waals surface area contributed by atoms with Gasteiger partial charge in [-0.3, -0.25) is 4.21 Å². The van der Waals surface area contributed by atoms with Gasteiger partial charge in [0.1, 0.15) is 0 Å². The summed E-state index contributed by atoms with van der Waals surface area (Å²) >= 11 is 0. The predicted octanol–water partition coefficient (Wildman–Crippen LogP) is 1.15. The maximum atomic E-state index is 11.3. The standard InChI is InChI=1S/C9H18O2S/c1-8(2)11-5-9(3)6-12(4,10)7-9/h8H,4-7H2,1-3H3. The van der Waals surface area contributed by atoms with E-state index in [1.165, 1.54) is 0 Å². The first-order chi connectivity index (χ1) is 5.33. The van der Waals surface area contributed by atoms with Crippen molar-refractivity contribution in [3.8, 4) is 0 Å². The topological polar surface area (TPSA) is 26.3 Å². The molecule has 0 N–H and O–H groups in total. The number of rotatable bonds is 3. The molecule has 1 heterocycles. The van der Waals surface area contributed by atoms with Crippen molar-refractivity contribution >= 4 is 15.4 Å². The molecule has 0 aromatic carbocycles. The van der Waals surface area contributed by atoms with Crippen LogP contribution in [0, 0.1) is 5.41 Å². The molecule has 1 rings (SSSR count). The molecule has 0 aromatic heterocycles. The van der Waals surface area contributed by atoms with E-state index < -0.39 is 9.52 Å². The molecule has 0 spiro atoms. The molecule has 3 heteroatoms. The Balaban J connectivity index is 2.36. The second-order valence-corrected chi connectivity index (χ2v) is 6.93. The maximum absolute atomic E-state index is 11.3. The van der Waals surface area contributed by atoms with Crippen LogP contribution in [0.2, 0.25) is 0 Å². The van der Waals surface area contributed by atoms with Crippen LogP contribution in [0.1, 0.15) is 20.8 Å². The average Bonchev–Trinajstić information content (AvgIpc) is 1.79. The summed E-state index contributed by atoms with van der Waals surface area (Å²) in [6.07, 6.45) is 0.267. The summed E-state index contributed by atoms with van der Waals surface area (Å²) in [4.78, 5) is 0. The summed E-state index contributed by atoms with van der Waals surface area (Å²) in [5.41, 5.74) is 0.128. The lowest BCUT2D eigenvalue weighted by Crippen LogP contribution is -2.49. The van der Waals surface area contributed by atoms with Crippen molar-refractivity contribution in [2.75, 3.05) is 18.1 Å². The normalized spacial score (nSPS) is 41.3. The molecule has 1 aliphatic heterocycles. The van der Waals surface area contributed by atoms with Crippen molar-refractivity contribution in [3.05, 3.63) is 0 Å². The number of ether oxygens (including phenoxy) is 1. The average molecular weight is 190 g/mol. The Bertz CT molecular complexity index is 240. The fraction of sp³-hybridized carbons (Fsp3) is 0.889. The van der Waals surface area contributed by atoms with Crippen molar-refractivity contribution in [2.45, 2.75) is 26.9 Å². The molecule has 1 fully saturated rings. The lowest BCUT2D eigenvalue weighted by Gasteiger charge is -2.41. The van der Waals surface area contributed by atoms with Crippen molar-refractivity contribution < 1.29 is 8.95 Å². The Morgan fingerprint density at radius 3 is 2.42 bits per heavy atom. The highest BCUT2D eigenvalue weighted by Gasteiger charge is 2.40. The molecule has 0 aliphatic carbocycles. The summed E-state index contributed by atoms with van der Waals surface area (Å²) in [7, 11) is -1.72. The fourth-order valence-corrected chi connectivity index (χ4v) is 4.30. The van der Waals surface area contributed by atoms with Gasteiger partial charge >= 0.3 is 0 Å². The van der Waals surface area contributed by atoms with Gasteiger partial charge in [-0.05, 0) is 29.2 Å². The molecule has 0 saturated carbocycles. The molecule has 0 bridgehead atoms. The molecule has 12 heavy (non-hydrogen) atoms. The van der Waals surface area contributed by atoms with Gasteiger partial charge in [0.15, 0.2) is 0 Å².